The Morgan fingerprint density at radius 1 is 0.943 bits per heavy atom. The molecule has 0 amide bonds. The summed E-state index contributed by atoms with van der Waals surface area (Å²) in [6.45, 7) is 3.43. The van der Waals surface area contributed by atoms with Crippen molar-refractivity contribution < 1.29 is 12.8 Å². The van der Waals surface area contributed by atoms with E-state index in [4.69, 9.17) is 9.40 Å². The van der Waals surface area contributed by atoms with Crippen LogP contribution >= 0.6 is 15.9 Å². The number of benzene rings is 3. The summed E-state index contributed by atoms with van der Waals surface area (Å²) in [5, 5.41) is 0.437. The largest absolute Gasteiger partial charge is 0.428 e. The van der Waals surface area contributed by atoms with Gasteiger partial charge >= 0.3 is 6.01 Å². The summed E-state index contributed by atoms with van der Waals surface area (Å²) in [6, 6.07) is 20.6. The Balaban J connectivity index is 1.62. The van der Waals surface area contributed by atoms with E-state index in [9.17, 15) is 13.2 Å². The van der Waals surface area contributed by atoms with Crippen molar-refractivity contribution >= 4 is 42.9 Å². The summed E-state index contributed by atoms with van der Waals surface area (Å²) < 4.78 is 35.6. The van der Waals surface area contributed by atoms with E-state index in [1.807, 2.05) is 36.4 Å². The van der Waals surface area contributed by atoms with Crippen molar-refractivity contribution in [1.82, 2.24) is 14.5 Å². The molecule has 2 aromatic heterocycles. The van der Waals surface area contributed by atoms with Crippen molar-refractivity contribution in [1.29, 1.82) is 0 Å². The first-order valence-electron chi connectivity index (χ1n) is 10.6. The average molecular weight is 551 g/mol. The van der Waals surface area contributed by atoms with Crippen molar-refractivity contribution in [2.45, 2.75) is 18.7 Å². The lowest BCUT2D eigenvalue weighted by Gasteiger charge is -2.14. The zero-order valence-electron chi connectivity index (χ0n) is 18.7. The highest BCUT2D eigenvalue weighted by molar-refractivity contribution is 9.10. The minimum atomic E-state index is -3.94. The molecule has 2 heterocycles. The third-order valence-corrected chi connectivity index (χ3v) is 7.35. The predicted molar refractivity (Wildman–Crippen MR) is 137 cm³/mol. The van der Waals surface area contributed by atoms with Crippen LogP contribution in [0.1, 0.15) is 11.5 Å². The summed E-state index contributed by atoms with van der Waals surface area (Å²) in [5.74, 6) is 0.978. The fourth-order valence-electron chi connectivity index (χ4n) is 3.64. The van der Waals surface area contributed by atoms with Crippen LogP contribution in [0.3, 0.4) is 0 Å². The van der Waals surface area contributed by atoms with Gasteiger partial charge in [0.1, 0.15) is 11.6 Å². The van der Waals surface area contributed by atoms with Gasteiger partial charge in [-0.3, -0.25) is 9.36 Å². The van der Waals surface area contributed by atoms with E-state index in [2.05, 4.69) is 25.6 Å². The van der Waals surface area contributed by atoms with E-state index in [-0.39, 0.29) is 16.5 Å². The second-order valence-electron chi connectivity index (χ2n) is 7.86. The Kier molecular flexibility index (Phi) is 5.78. The molecule has 0 saturated heterocycles. The first kappa shape index (κ1) is 23.0. The lowest BCUT2D eigenvalue weighted by Crippen LogP contribution is -2.22. The number of hydrogen-bond acceptors (Lipinski definition) is 6. The Bertz CT molecular complexity index is 1710. The van der Waals surface area contributed by atoms with Crippen molar-refractivity contribution in [3.05, 3.63) is 99.1 Å². The highest BCUT2D eigenvalue weighted by Crippen LogP contribution is 2.25. The van der Waals surface area contributed by atoms with E-state index < -0.39 is 10.0 Å². The number of sulfonamides is 1. The summed E-state index contributed by atoms with van der Waals surface area (Å²) in [4.78, 5) is 22.4. The maximum atomic E-state index is 13.6. The topological polar surface area (TPSA) is 107 Å². The SMILES string of the molecule is Cc1nc(NS(=O)(=O)c2ccc(-n3c(-c4ccccc4)nc4ccc(Br)cc4c3=O)cc2)oc1C. The van der Waals surface area contributed by atoms with Gasteiger partial charge in [0.25, 0.3) is 15.6 Å². The van der Waals surface area contributed by atoms with Gasteiger partial charge < -0.3 is 4.42 Å². The number of aromatic nitrogens is 3. The minimum Gasteiger partial charge on any atom is -0.428 e. The molecule has 0 spiro atoms. The minimum absolute atomic E-state index is 0.000518. The molecule has 0 fully saturated rings. The first-order valence-corrected chi connectivity index (χ1v) is 12.9. The fourth-order valence-corrected chi connectivity index (χ4v) is 4.93. The molecule has 35 heavy (non-hydrogen) atoms. The monoisotopic (exact) mass is 550 g/mol. The number of nitrogens with zero attached hydrogens (tertiary/aromatic N) is 3. The predicted octanol–water partition coefficient (Wildman–Crippen LogP) is 5.22. The third-order valence-electron chi connectivity index (χ3n) is 5.52. The van der Waals surface area contributed by atoms with Gasteiger partial charge in [-0.1, -0.05) is 46.3 Å². The molecule has 176 valence electrons. The summed E-state index contributed by atoms with van der Waals surface area (Å²) in [7, 11) is -3.94. The van der Waals surface area contributed by atoms with Crippen LogP contribution in [0, 0.1) is 13.8 Å². The molecule has 10 heteroatoms. The molecule has 0 bridgehead atoms. The van der Waals surface area contributed by atoms with Gasteiger partial charge in [-0.25, -0.2) is 18.1 Å². The van der Waals surface area contributed by atoms with E-state index in [0.29, 0.717) is 33.9 Å². The molecule has 0 aliphatic carbocycles. The van der Waals surface area contributed by atoms with Crippen LogP contribution in [-0.2, 0) is 10.0 Å². The van der Waals surface area contributed by atoms with Crippen LogP contribution < -0.4 is 10.3 Å². The molecular formula is C25H19BrN4O4S. The molecule has 5 rings (SSSR count). The number of aryl methyl sites for hydroxylation is 2. The Morgan fingerprint density at radius 2 is 1.66 bits per heavy atom. The number of anilines is 1. The standard InChI is InChI=1S/C25H19BrN4O4S/c1-15-16(2)34-25(27-15)29-35(32,33)20-11-9-19(10-12-20)30-23(17-6-4-3-5-7-17)28-22-13-8-18(26)14-21(22)24(30)31/h3-14H,1-2H3,(H,27,29). The molecule has 0 atom stereocenters. The molecule has 0 aliphatic rings. The van der Waals surface area contributed by atoms with Crippen LogP contribution in [-0.4, -0.2) is 23.0 Å². The molecular weight excluding hydrogens is 532 g/mol. The number of nitrogens with one attached hydrogen (secondary N) is 1. The fraction of sp³-hybridized carbons (Fsp3) is 0.0800. The van der Waals surface area contributed by atoms with Gasteiger partial charge in [-0.05, 0) is 56.3 Å². The number of halogens is 1. The van der Waals surface area contributed by atoms with Gasteiger partial charge in [0.15, 0.2) is 0 Å². The molecule has 0 aliphatic heterocycles. The first-order chi connectivity index (χ1) is 16.7. The van der Waals surface area contributed by atoms with Crippen molar-refractivity contribution in [3.63, 3.8) is 0 Å². The molecule has 0 radical (unpaired) electrons. The van der Waals surface area contributed by atoms with Gasteiger partial charge in [0.05, 0.1) is 27.2 Å². The smallest absolute Gasteiger partial charge is 0.309 e. The summed E-state index contributed by atoms with van der Waals surface area (Å²) >= 11 is 3.41. The van der Waals surface area contributed by atoms with Crippen LogP contribution in [0.5, 0.6) is 0 Å². The maximum absolute atomic E-state index is 13.6. The van der Waals surface area contributed by atoms with Crippen LogP contribution in [0.15, 0.2) is 91.4 Å². The number of hydrogen-bond donors (Lipinski definition) is 1. The van der Waals surface area contributed by atoms with Crippen LogP contribution in [0.4, 0.5) is 6.01 Å². The van der Waals surface area contributed by atoms with Crippen molar-refractivity contribution in [2.24, 2.45) is 0 Å². The quantitative estimate of drug-likeness (QED) is 0.321. The molecule has 3 aromatic carbocycles. The van der Waals surface area contributed by atoms with E-state index in [0.717, 1.165) is 10.0 Å². The van der Waals surface area contributed by atoms with E-state index in [1.165, 1.54) is 16.7 Å². The number of oxazole rings is 1. The normalized spacial score (nSPS) is 11.6. The van der Waals surface area contributed by atoms with Crippen molar-refractivity contribution in [2.75, 3.05) is 4.72 Å². The van der Waals surface area contributed by atoms with Gasteiger partial charge in [0.2, 0.25) is 0 Å². The molecule has 1 N–H and O–H groups in total. The van der Waals surface area contributed by atoms with E-state index >= 15 is 0 Å². The van der Waals surface area contributed by atoms with Gasteiger partial charge in [0, 0.05) is 10.0 Å². The van der Waals surface area contributed by atoms with Crippen LogP contribution in [0.2, 0.25) is 0 Å². The summed E-state index contributed by atoms with van der Waals surface area (Å²) in [5.41, 5.74) is 2.12. The van der Waals surface area contributed by atoms with Crippen LogP contribution in [0.25, 0.3) is 28.0 Å². The molecule has 0 unspecified atom stereocenters. The Morgan fingerprint density at radius 3 is 2.31 bits per heavy atom. The molecule has 8 nitrogen and oxygen atoms in total. The van der Waals surface area contributed by atoms with Gasteiger partial charge in [-0.2, -0.15) is 4.98 Å². The number of fused-ring (bicyclic) bond motifs is 1. The van der Waals surface area contributed by atoms with Gasteiger partial charge in [-0.15, -0.1) is 0 Å². The second kappa shape index (κ2) is 8.79. The zero-order chi connectivity index (χ0) is 24.7. The average Bonchev–Trinajstić information content (AvgIpc) is 3.15. The summed E-state index contributed by atoms with van der Waals surface area (Å²) in [6.07, 6.45) is 0. The number of rotatable bonds is 5. The lowest BCUT2D eigenvalue weighted by atomic mass is 10.1. The molecule has 0 saturated carbocycles. The second-order valence-corrected chi connectivity index (χ2v) is 10.5. The maximum Gasteiger partial charge on any atom is 0.309 e. The third kappa shape index (κ3) is 4.38. The Hall–Kier alpha value is -3.76. The van der Waals surface area contributed by atoms with E-state index in [1.54, 1.807) is 38.1 Å². The lowest BCUT2D eigenvalue weighted by molar-refractivity contribution is 0.541. The highest BCUT2D eigenvalue weighted by atomic mass is 79.9. The highest BCUT2D eigenvalue weighted by Gasteiger charge is 2.20. The van der Waals surface area contributed by atoms with Crippen molar-refractivity contribution in [3.8, 4) is 17.1 Å². The Labute approximate surface area is 209 Å². The zero-order valence-corrected chi connectivity index (χ0v) is 21.1. The molecule has 5 aromatic rings.